The molecule has 1 aliphatic rings. The fourth-order valence-electron chi connectivity index (χ4n) is 2.35. The van der Waals surface area contributed by atoms with Crippen LogP contribution in [0.1, 0.15) is 58.8 Å². The normalized spacial score (nSPS) is 26.8. The Labute approximate surface area is 94.8 Å². The number of rotatable bonds is 7. The fourth-order valence-corrected chi connectivity index (χ4v) is 2.35. The summed E-state index contributed by atoms with van der Waals surface area (Å²) in [5.41, 5.74) is 0. The molecule has 15 heavy (non-hydrogen) atoms. The summed E-state index contributed by atoms with van der Waals surface area (Å²) in [6.45, 7) is 6.49. The van der Waals surface area contributed by atoms with Crippen LogP contribution in [0.4, 0.5) is 0 Å². The number of hydrogen-bond donors (Lipinski definition) is 1. The van der Waals surface area contributed by atoms with Gasteiger partial charge in [-0.3, -0.25) is 0 Å². The van der Waals surface area contributed by atoms with E-state index in [9.17, 15) is 0 Å². The highest BCUT2D eigenvalue weighted by Gasteiger charge is 2.20. The van der Waals surface area contributed by atoms with Crippen molar-refractivity contribution < 1.29 is 4.74 Å². The average molecular weight is 213 g/mol. The summed E-state index contributed by atoms with van der Waals surface area (Å²) in [4.78, 5) is 0. The van der Waals surface area contributed by atoms with Crippen LogP contribution in [-0.2, 0) is 4.74 Å². The molecule has 0 amide bonds. The van der Waals surface area contributed by atoms with Crippen LogP contribution in [0.2, 0.25) is 0 Å². The lowest BCUT2D eigenvalue weighted by Crippen LogP contribution is -2.38. The molecule has 0 aliphatic carbocycles. The molecule has 0 aromatic heterocycles. The van der Waals surface area contributed by atoms with Gasteiger partial charge >= 0.3 is 0 Å². The Morgan fingerprint density at radius 1 is 1.20 bits per heavy atom. The summed E-state index contributed by atoms with van der Waals surface area (Å²) in [7, 11) is 0. The second kappa shape index (κ2) is 8.12. The summed E-state index contributed by atoms with van der Waals surface area (Å²) >= 11 is 0. The number of hydrogen-bond acceptors (Lipinski definition) is 2. The Bertz CT molecular complexity index is 147. The van der Waals surface area contributed by atoms with E-state index < -0.39 is 0 Å². The lowest BCUT2D eigenvalue weighted by molar-refractivity contribution is -0.00382. The third kappa shape index (κ3) is 5.53. The summed E-state index contributed by atoms with van der Waals surface area (Å²) < 4.78 is 5.79. The first kappa shape index (κ1) is 13.0. The fraction of sp³-hybridized carbons (Fsp3) is 1.00. The van der Waals surface area contributed by atoms with Crippen molar-refractivity contribution in [2.75, 3.05) is 13.2 Å². The van der Waals surface area contributed by atoms with E-state index in [1.807, 2.05) is 0 Å². The smallest absolute Gasteiger partial charge is 0.0590 e. The zero-order chi connectivity index (χ0) is 10.9. The predicted molar refractivity (Wildman–Crippen MR) is 65.2 cm³/mol. The van der Waals surface area contributed by atoms with Crippen molar-refractivity contribution in [3.63, 3.8) is 0 Å². The molecule has 0 radical (unpaired) electrons. The Morgan fingerprint density at radius 3 is 2.80 bits per heavy atom. The Kier molecular flexibility index (Phi) is 7.03. The lowest BCUT2D eigenvalue weighted by atomic mass is 9.98. The zero-order valence-corrected chi connectivity index (χ0v) is 10.4. The molecule has 1 heterocycles. The van der Waals surface area contributed by atoms with E-state index in [1.54, 1.807) is 0 Å². The molecule has 0 spiro atoms. The molecule has 0 aromatic carbocycles. The standard InChI is InChI=1S/C13H27NO/c1-3-5-6-7-8-13-11-12(14-4-2)9-10-15-13/h12-14H,3-11H2,1-2H3. The molecule has 2 unspecified atom stereocenters. The molecular weight excluding hydrogens is 186 g/mol. The second-order valence-corrected chi connectivity index (χ2v) is 4.62. The van der Waals surface area contributed by atoms with Gasteiger partial charge in [0, 0.05) is 12.6 Å². The molecule has 1 N–H and O–H groups in total. The highest BCUT2D eigenvalue weighted by molar-refractivity contribution is 4.76. The first-order valence-corrected chi connectivity index (χ1v) is 6.71. The molecule has 2 atom stereocenters. The minimum Gasteiger partial charge on any atom is -0.378 e. The van der Waals surface area contributed by atoms with E-state index in [1.165, 1.54) is 44.9 Å². The van der Waals surface area contributed by atoms with E-state index in [-0.39, 0.29) is 0 Å². The van der Waals surface area contributed by atoms with E-state index in [0.717, 1.165) is 13.2 Å². The maximum Gasteiger partial charge on any atom is 0.0590 e. The van der Waals surface area contributed by atoms with Crippen molar-refractivity contribution in [2.24, 2.45) is 0 Å². The predicted octanol–water partition coefficient (Wildman–Crippen LogP) is 3.11. The average Bonchev–Trinajstić information content (AvgIpc) is 2.26. The maximum atomic E-state index is 5.79. The Hall–Kier alpha value is -0.0800. The van der Waals surface area contributed by atoms with Crippen LogP contribution >= 0.6 is 0 Å². The van der Waals surface area contributed by atoms with Crippen LogP contribution in [0.25, 0.3) is 0 Å². The van der Waals surface area contributed by atoms with Crippen LogP contribution in [0.5, 0.6) is 0 Å². The third-order valence-electron chi connectivity index (χ3n) is 3.24. The van der Waals surface area contributed by atoms with Crippen LogP contribution < -0.4 is 5.32 Å². The van der Waals surface area contributed by atoms with Gasteiger partial charge in [-0.15, -0.1) is 0 Å². The topological polar surface area (TPSA) is 21.3 Å². The molecule has 2 heteroatoms. The summed E-state index contributed by atoms with van der Waals surface area (Å²) in [5, 5.41) is 3.54. The number of nitrogens with one attached hydrogen (secondary N) is 1. The first-order chi connectivity index (χ1) is 7.36. The van der Waals surface area contributed by atoms with Crippen molar-refractivity contribution in [3.8, 4) is 0 Å². The van der Waals surface area contributed by atoms with Crippen molar-refractivity contribution in [1.82, 2.24) is 5.32 Å². The van der Waals surface area contributed by atoms with Crippen LogP contribution in [-0.4, -0.2) is 25.3 Å². The van der Waals surface area contributed by atoms with E-state index in [4.69, 9.17) is 4.74 Å². The van der Waals surface area contributed by atoms with Crippen molar-refractivity contribution in [2.45, 2.75) is 70.9 Å². The van der Waals surface area contributed by atoms with E-state index >= 15 is 0 Å². The van der Waals surface area contributed by atoms with Crippen molar-refractivity contribution >= 4 is 0 Å². The molecule has 0 bridgehead atoms. The van der Waals surface area contributed by atoms with Gasteiger partial charge in [0.1, 0.15) is 0 Å². The van der Waals surface area contributed by atoms with Crippen LogP contribution in [0.3, 0.4) is 0 Å². The molecule has 1 aliphatic heterocycles. The third-order valence-corrected chi connectivity index (χ3v) is 3.24. The quantitative estimate of drug-likeness (QED) is 0.656. The Balaban J connectivity index is 2.07. The van der Waals surface area contributed by atoms with Gasteiger partial charge in [-0.1, -0.05) is 39.5 Å². The van der Waals surface area contributed by atoms with Gasteiger partial charge in [-0.2, -0.15) is 0 Å². The summed E-state index contributed by atoms with van der Waals surface area (Å²) in [5.74, 6) is 0. The highest BCUT2D eigenvalue weighted by atomic mass is 16.5. The van der Waals surface area contributed by atoms with Crippen molar-refractivity contribution in [1.29, 1.82) is 0 Å². The van der Waals surface area contributed by atoms with Gasteiger partial charge in [0.05, 0.1) is 6.10 Å². The first-order valence-electron chi connectivity index (χ1n) is 6.71. The molecule has 1 fully saturated rings. The van der Waals surface area contributed by atoms with Crippen LogP contribution in [0.15, 0.2) is 0 Å². The molecule has 1 saturated heterocycles. The number of ether oxygens (including phenoxy) is 1. The van der Waals surface area contributed by atoms with E-state index in [2.05, 4.69) is 19.2 Å². The highest BCUT2D eigenvalue weighted by Crippen LogP contribution is 2.19. The lowest BCUT2D eigenvalue weighted by Gasteiger charge is -2.30. The minimum absolute atomic E-state index is 0.527. The molecule has 2 nitrogen and oxygen atoms in total. The molecule has 90 valence electrons. The van der Waals surface area contributed by atoms with Crippen molar-refractivity contribution in [3.05, 3.63) is 0 Å². The maximum absolute atomic E-state index is 5.79. The van der Waals surface area contributed by atoms with Crippen LogP contribution in [0, 0.1) is 0 Å². The Morgan fingerprint density at radius 2 is 2.07 bits per heavy atom. The van der Waals surface area contributed by atoms with Gasteiger partial charge in [-0.25, -0.2) is 0 Å². The summed E-state index contributed by atoms with van der Waals surface area (Å²) in [6, 6.07) is 0.708. The molecule has 0 aromatic rings. The molecular formula is C13H27NO. The van der Waals surface area contributed by atoms with Gasteiger partial charge in [-0.05, 0) is 25.8 Å². The van der Waals surface area contributed by atoms with E-state index in [0.29, 0.717) is 12.1 Å². The van der Waals surface area contributed by atoms with Gasteiger partial charge in [0.25, 0.3) is 0 Å². The molecule has 0 saturated carbocycles. The number of unbranched alkanes of at least 4 members (excludes halogenated alkanes) is 3. The second-order valence-electron chi connectivity index (χ2n) is 4.62. The molecule has 1 rings (SSSR count). The zero-order valence-electron chi connectivity index (χ0n) is 10.4. The summed E-state index contributed by atoms with van der Waals surface area (Å²) in [6.07, 6.45) is 9.63. The van der Waals surface area contributed by atoms with Gasteiger partial charge in [0.2, 0.25) is 0 Å². The largest absolute Gasteiger partial charge is 0.378 e. The SMILES string of the molecule is CCCCCCC1CC(NCC)CCO1. The van der Waals surface area contributed by atoms with Gasteiger partial charge in [0.15, 0.2) is 0 Å². The van der Waals surface area contributed by atoms with Gasteiger partial charge < -0.3 is 10.1 Å². The monoisotopic (exact) mass is 213 g/mol. The minimum atomic E-state index is 0.527.